The second-order valence-corrected chi connectivity index (χ2v) is 7.66. The lowest BCUT2D eigenvalue weighted by Gasteiger charge is -2.29. The molecule has 2 amide bonds. The molecule has 1 unspecified atom stereocenters. The van der Waals surface area contributed by atoms with Crippen LogP contribution >= 0.6 is 0 Å². The maximum Gasteiger partial charge on any atom is 0.254 e. The Hall–Kier alpha value is -2.67. The van der Waals surface area contributed by atoms with Gasteiger partial charge in [-0.05, 0) is 56.0 Å². The number of aromatic nitrogens is 2. The molecule has 0 radical (unpaired) electrons. The third-order valence-electron chi connectivity index (χ3n) is 6.01. The summed E-state index contributed by atoms with van der Waals surface area (Å²) in [6.45, 7) is 2.46. The number of primary amides is 1. The summed E-state index contributed by atoms with van der Waals surface area (Å²) >= 11 is 0. The third kappa shape index (κ3) is 3.35. The van der Waals surface area contributed by atoms with E-state index in [-0.39, 0.29) is 17.4 Å². The average molecular weight is 367 g/mol. The molecule has 142 valence electrons. The number of hydrogen-bond acceptors (Lipinski definition) is 4. The van der Waals surface area contributed by atoms with Crippen LogP contribution in [0.5, 0.6) is 0 Å². The van der Waals surface area contributed by atoms with Crippen LogP contribution in [0.25, 0.3) is 0 Å². The molecular formula is C20H25N5O2. The number of hydrogen-bond donors (Lipinski definition) is 2. The Kier molecular flexibility index (Phi) is 4.47. The maximum absolute atomic E-state index is 13.4. The highest BCUT2D eigenvalue weighted by molar-refractivity contribution is 5.99. The minimum Gasteiger partial charge on any atom is -0.366 e. The van der Waals surface area contributed by atoms with Crippen molar-refractivity contribution in [1.82, 2.24) is 19.8 Å². The highest BCUT2D eigenvalue weighted by atomic mass is 16.2. The van der Waals surface area contributed by atoms with Crippen molar-refractivity contribution in [3.05, 3.63) is 53.6 Å². The van der Waals surface area contributed by atoms with Gasteiger partial charge in [-0.15, -0.1) is 0 Å². The largest absolute Gasteiger partial charge is 0.366 e. The zero-order valence-electron chi connectivity index (χ0n) is 15.5. The number of aryl methyl sites for hydroxylation is 1. The molecule has 1 atom stereocenters. The fourth-order valence-corrected chi connectivity index (χ4v) is 4.22. The van der Waals surface area contributed by atoms with Gasteiger partial charge in [0.25, 0.3) is 5.91 Å². The number of carbonyl (C=O) groups is 2. The lowest BCUT2D eigenvalue weighted by Crippen LogP contribution is -2.39. The minimum atomic E-state index is -0.526. The fraction of sp³-hybridized carbons (Fsp3) is 0.450. The van der Waals surface area contributed by atoms with E-state index in [0.717, 1.165) is 38.2 Å². The zero-order valence-corrected chi connectivity index (χ0v) is 15.5. The van der Waals surface area contributed by atoms with Crippen LogP contribution in [-0.2, 0) is 13.6 Å². The van der Waals surface area contributed by atoms with Crippen LogP contribution in [0.2, 0.25) is 0 Å². The van der Waals surface area contributed by atoms with Crippen molar-refractivity contribution < 1.29 is 9.59 Å². The molecule has 0 bridgehead atoms. The van der Waals surface area contributed by atoms with Crippen LogP contribution in [0.1, 0.15) is 45.8 Å². The van der Waals surface area contributed by atoms with Gasteiger partial charge in [0.15, 0.2) is 0 Å². The number of carbonyl (C=O) groups excluding carboxylic acids is 2. The highest BCUT2D eigenvalue weighted by Crippen LogP contribution is 2.56. The molecule has 4 rings (SSSR count). The summed E-state index contributed by atoms with van der Waals surface area (Å²) < 4.78 is 1.94. The van der Waals surface area contributed by atoms with Gasteiger partial charge in [0.2, 0.25) is 5.91 Å². The molecule has 2 heterocycles. The number of amides is 2. The van der Waals surface area contributed by atoms with Crippen molar-refractivity contribution in [2.24, 2.45) is 18.2 Å². The van der Waals surface area contributed by atoms with Crippen molar-refractivity contribution in [2.45, 2.75) is 31.8 Å². The van der Waals surface area contributed by atoms with Crippen molar-refractivity contribution in [1.29, 1.82) is 0 Å². The van der Waals surface area contributed by atoms with Gasteiger partial charge in [-0.2, -0.15) is 0 Å². The molecule has 27 heavy (non-hydrogen) atoms. The quantitative estimate of drug-likeness (QED) is 0.833. The number of rotatable bonds is 5. The van der Waals surface area contributed by atoms with Gasteiger partial charge in [-0.3, -0.25) is 9.59 Å². The first-order chi connectivity index (χ1) is 13.0. The standard InChI is InChI=1S/C20H25N5O2/c1-24-10-9-23-17(24)13-25(16-12-20(16)5-7-22-8-6-20)19(27)15-4-2-3-14(11-15)18(21)26/h2-4,9-11,16,22H,5-8,12-13H2,1H3,(H2,21,26). The first-order valence-electron chi connectivity index (χ1n) is 9.38. The Balaban J connectivity index is 1.63. The zero-order chi connectivity index (χ0) is 19.0. The van der Waals surface area contributed by atoms with Crippen LogP contribution in [0.15, 0.2) is 36.7 Å². The topological polar surface area (TPSA) is 93.2 Å². The second-order valence-electron chi connectivity index (χ2n) is 7.66. The Morgan fingerprint density at radius 2 is 2.07 bits per heavy atom. The van der Waals surface area contributed by atoms with Crippen molar-refractivity contribution in [2.75, 3.05) is 13.1 Å². The predicted molar refractivity (Wildman–Crippen MR) is 101 cm³/mol. The predicted octanol–water partition coefficient (Wildman–Crippen LogP) is 1.30. The molecule has 2 fully saturated rings. The van der Waals surface area contributed by atoms with Gasteiger partial charge < -0.3 is 20.5 Å². The molecule has 7 heteroatoms. The van der Waals surface area contributed by atoms with Gasteiger partial charge in [0.1, 0.15) is 5.82 Å². The number of imidazole rings is 1. The molecule has 1 spiro atoms. The fourth-order valence-electron chi connectivity index (χ4n) is 4.22. The normalized spacial score (nSPS) is 20.4. The summed E-state index contributed by atoms with van der Waals surface area (Å²) in [7, 11) is 1.94. The summed E-state index contributed by atoms with van der Waals surface area (Å²) in [6.07, 6.45) is 6.84. The Labute approximate surface area is 158 Å². The summed E-state index contributed by atoms with van der Waals surface area (Å²) in [5, 5.41) is 3.40. The number of nitrogens with two attached hydrogens (primary N) is 1. The summed E-state index contributed by atoms with van der Waals surface area (Å²) in [5.41, 5.74) is 6.45. The van der Waals surface area contributed by atoms with Crippen LogP contribution in [0.3, 0.4) is 0 Å². The van der Waals surface area contributed by atoms with Gasteiger partial charge in [-0.25, -0.2) is 4.98 Å². The molecule has 1 saturated carbocycles. The van der Waals surface area contributed by atoms with Crippen LogP contribution < -0.4 is 11.1 Å². The lowest BCUT2D eigenvalue weighted by molar-refractivity contribution is 0.0685. The van der Waals surface area contributed by atoms with E-state index in [1.807, 2.05) is 22.7 Å². The molecule has 1 aromatic carbocycles. The van der Waals surface area contributed by atoms with Gasteiger partial charge in [0, 0.05) is 36.6 Å². The van der Waals surface area contributed by atoms with Crippen LogP contribution in [0, 0.1) is 5.41 Å². The molecular weight excluding hydrogens is 342 g/mol. The molecule has 3 N–H and O–H groups in total. The van der Waals surface area contributed by atoms with Gasteiger partial charge in [-0.1, -0.05) is 6.07 Å². The van der Waals surface area contributed by atoms with Crippen molar-refractivity contribution in [3.8, 4) is 0 Å². The average Bonchev–Trinajstić information content (AvgIpc) is 3.19. The number of nitrogens with zero attached hydrogens (tertiary/aromatic N) is 3. The third-order valence-corrected chi connectivity index (χ3v) is 6.01. The number of nitrogens with one attached hydrogen (secondary N) is 1. The van der Waals surface area contributed by atoms with Gasteiger partial charge in [0.05, 0.1) is 6.54 Å². The molecule has 7 nitrogen and oxygen atoms in total. The van der Waals surface area contributed by atoms with Crippen LogP contribution in [0.4, 0.5) is 0 Å². The van der Waals surface area contributed by atoms with Crippen molar-refractivity contribution in [3.63, 3.8) is 0 Å². The molecule has 1 aromatic heterocycles. The van der Waals surface area contributed by atoms with E-state index in [0.29, 0.717) is 17.7 Å². The van der Waals surface area contributed by atoms with Crippen molar-refractivity contribution >= 4 is 11.8 Å². The van der Waals surface area contributed by atoms with E-state index < -0.39 is 5.91 Å². The second kappa shape index (κ2) is 6.81. The van der Waals surface area contributed by atoms with Gasteiger partial charge >= 0.3 is 0 Å². The van der Waals surface area contributed by atoms with E-state index in [1.165, 1.54) is 0 Å². The molecule has 1 aliphatic heterocycles. The summed E-state index contributed by atoms with van der Waals surface area (Å²) in [5.74, 6) is 0.258. The monoisotopic (exact) mass is 367 g/mol. The highest BCUT2D eigenvalue weighted by Gasteiger charge is 2.57. The van der Waals surface area contributed by atoms with E-state index in [2.05, 4.69) is 10.3 Å². The first kappa shape index (κ1) is 17.7. The maximum atomic E-state index is 13.4. The molecule has 1 saturated heterocycles. The first-order valence-corrected chi connectivity index (χ1v) is 9.38. The number of piperidine rings is 1. The van der Waals surface area contributed by atoms with Crippen LogP contribution in [-0.4, -0.2) is 45.4 Å². The lowest BCUT2D eigenvalue weighted by atomic mass is 9.93. The Morgan fingerprint density at radius 3 is 2.74 bits per heavy atom. The smallest absolute Gasteiger partial charge is 0.254 e. The van der Waals surface area contributed by atoms with E-state index in [4.69, 9.17) is 5.73 Å². The molecule has 2 aliphatic rings. The molecule has 2 aromatic rings. The molecule has 1 aliphatic carbocycles. The van der Waals surface area contributed by atoms with E-state index in [9.17, 15) is 9.59 Å². The van der Waals surface area contributed by atoms with E-state index >= 15 is 0 Å². The number of benzene rings is 1. The minimum absolute atomic E-state index is 0.0680. The summed E-state index contributed by atoms with van der Waals surface area (Å²) in [6, 6.07) is 6.89. The SMILES string of the molecule is Cn1ccnc1CN(C(=O)c1cccc(C(N)=O)c1)C1CC12CCNCC2. The Bertz CT molecular complexity index is 869. The van der Waals surface area contributed by atoms with E-state index in [1.54, 1.807) is 30.5 Å². The summed E-state index contributed by atoms with van der Waals surface area (Å²) in [4.78, 5) is 31.2. The Morgan fingerprint density at radius 1 is 1.33 bits per heavy atom.